The van der Waals surface area contributed by atoms with Gasteiger partial charge < -0.3 is 4.57 Å². The van der Waals surface area contributed by atoms with Gasteiger partial charge in [0.2, 0.25) is 0 Å². The Hall–Kier alpha value is -1.38. The van der Waals surface area contributed by atoms with Gasteiger partial charge in [0, 0.05) is 30.2 Å². The Labute approximate surface area is 90.1 Å². The van der Waals surface area contributed by atoms with E-state index < -0.39 is 0 Å². The molecule has 2 heterocycles. The van der Waals surface area contributed by atoms with Crippen molar-refractivity contribution in [2.24, 2.45) is 7.05 Å². The number of nitrogens with zero attached hydrogens (tertiary/aromatic N) is 3. The number of aromatic nitrogens is 3. The standard InChI is InChI=1S/C12H17N3/c1-5-11-9-6-15(4)7-10(9)12(8(2)3)14-13-11/h6-8H,5H2,1-4H3. The van der Waals surface area contributed by atoms with Crippen molar-refractivity contribution in [1.29, 1.82) is 0 Å². The quantitative estimate of drug-likeness (QED) is 0.751. The minimum absolute atomic E-state index is 0.424. The lowest BCUT2D eigenvalue weighted by Crippen LogP contribution is -1.99. The van der Waals surface area contributed by atoms with Crippen LogP contribution in [0.3, 0.4) is 0 Å². The lowest BCUT2D eigenvalue weighted by Gasteiger charge is -2.06. The van der Waals surface area contributed by atoms with E-state index in [2.05, 4.69) is 47.9 Å². The second-order valence-corrected chi connectivity index (χ2v) is 4.29. The predicted molar refractivity (Wildman–Crippen MR) is 62.0 cm³/mol. The van der Waals surface area contributed by atoms with E-state index in [-0.39, 0.29) is 0 Å². The fraction of sp³-hybridized carbons (Fsp3) is 0.500. The minimum Gasteiger partial charge on any atom is -0.356 e. The second kappa shape index (κ2) is 3.65. The molecular formula is C12H17N3. The van der Waals surface area contributed by atoms with E-state index in [9.17, 15) is 0 Å². The van der Waals surface area contributed by atoms with E-state index in [0.717, 1.165) is 17.8 Å². The molecule has 0 unspecified atom stereocenters. The Balaban J connectivity index is 2.76. The fourth-order valence-electron chi connectivity index (χ4n) is 1.93. The zero-order valence-corrected chi connectivity index (χ0v) is 9.78. The van der Waals surface area contributed by atoms with Crippen molar-refractivity contribution in [3.8, 4) is 0 Å². The first-order valence-electron chi connectivity index (χ1n) is 5.44. The Morgan fingerprint density at radius 3 is 2.47 bits per heavy atom. The third-order valence-electron chi connectivity index (χ3n) is 2.70. The maximum absolute atomic E-state index is 4.33. The molecule has 0 aliphatic heterocycles. The molecule has 0 spiro atoms. The van der Waals surface area contributed by atoms with Gasteiger partial charge in [0.15, 0.2) is 0 Å². The van der Waals surface area contributed by atoms with Crippen molar-refractivity contribution in [2.45, 2.75) is 33.1 Å². The van der Waals surface area contributed by atoms with Crippen LogP contribution in [0, 0.1) is 0 Å². The molecule has 0 N–H and O–H groups in total. The molecular weight excluding hydrogens is 186 g/mol. The average molecular weight is 203 g/mol. The van der Waals surface area contributed by atoms with E-state index in [4.69, 9.17) is 0 Å². The molecule has 0 amide bonds. The molecule has 15 heavy (non-hydrogen) atoms. The third kappa shape index (κ3) is 1.62. The molecule has 80 valence electrons. The zero-order valence-electron chi connectivity index (χ0n) is 9.78. The molecule has 3 heteroatoms. The molecule has 2 rings (SSSR count). The van der Waals surface area contributed by atoms with Crippen LogP contribution in [0.1, 0.15) is 38.1 Å². The summed E-state index contributed by atoms with van der Waals surface area (Å²) in [5.41, 5.74) is 2.19. The highest BCUT2D eigenvalue weighted by Gasteiger charge is 2.12. The van der Waals surface area contributed by atoms with Crippen molar-refractivity contribution in [2.75, 3.05) is 0 Å². The summed E-state index contributed by atoms with van der Waals surface area (Å²) in [5, 5.41) is 11.1. The Kier molecular flexibility index (Phi) is 2.47. The summed E-state index contributed by atoms with van der Waals surface area (Å²) in [6.07, 6.45) is 5.21. The number of rotatable bonds is 2. The van der Waals surface area contributed by atoms with Gasteiger partial charge in [-0.15, -0.1) is 0 Å². The molecule has 0 fully saturated rings. The third-order valence-corrected chi connectivity index (χ3v) is 2.70. The van der Waals surface area contributed by atoms with Crippen LogP contribution < -0.4 is 0 Å². The van der Waals surface area contributed by atoms with Gasteiger partial charge in [-0.25, -0.2) is 0 Å². The fourth-order valence-corrected chi connectivity index (χ4v) is 1.93. The van der Waals surface area contributed by atoms with E-state index in [0.29, 0.717) is 5.92 Å². The van der Waals surface area contributed by atoms with Gasteiger partial charge in [-0.05, 0) is 12.3 Å². The maximum Gasteiger partial charge on any atom is 0.0750 e. The molecule has 0 saturated heterocycles. The zero-order chi connectivity index (χ0) is 11.0. The molecule has 3 nitrogen and oxygen atoms in total. The number of hydrogen-bond donors (Lipinski definition) is 0. The van der Waals surface area contributed by atoms with E-state index in [1.807, 2.05) is 7.05 Å². The van der Waals surface area contributed by atoms with E-state index in [1.54, 1.807) is 0 Å². The van der Waals surface area contributed by atoms with Gasteiger partial charge in [0.25, 0.3) is 0 Å². The number of fused-ring (bicyclic) bond motifs is 1. The summed E-state index contributed by atoms with van der Waals surface area (Å²) in [6, 6.07) is 0. The van der Waals surface area contributed by atoms with E-state index in [1.165, 1.54) is 10.8 Å². The number of hydrogen-bond acceptors (Lipinski definition) is 2. The first kappa shape index (κ1) is 10.1. The lowest BCUT2D eigenvalue weighted by molar-refractivity contribution is 0.785. The Morgan fingerprint density at radius 2 is 1.87 bits per heavy atom. The largest absolute Gasteiger partial charge is 0.356 e. The summed E-state index contributed by atoms with van der Waals surface area (Å²) in [6.45, 7) is 6.43. The SMILES string of the molecule is CCc1nnc(C(C)C)c2cn(C)cc12. The maximum atomic E-state index is 4.33. The predicted octanol–water partition coefficient (Wildman–Crippen LogP) is 2.65. The molecule has 0 atom stereocenters. The van der Waals surface area contributed by atoms with Crippen LogP contribution >= 0.6 is 0 Å². The van der Waals surface area contributed by atoms with Gasteiger partial charge in [-0.3, -0.25) is 0 Å². The molecule has 0 aromatic carbocycles. The topological polar surface area (TPSA) is 30.7 Å². The highest BCUT2D eigenvalue weighted by molar-refractivity contribution is 5.86. The van der Waals surface area contributed by atoms with Gasteiger partial charge in [-0.2, -0.15) is 10.2 Å². The monoisotopic (exact) mass is 203 g/mol. The van der Waals surface area contributed by atoms with Crippen molar-refractivity contribution >= 4 is 10.8 Å². The molecule has 2 aromatic rings. The Bertz CT molecular complexity index is 483. The van der Waals surface area contributed by atoms with E-state index >= 15 is 0 Å². The highest BCUT2D eigenvalue weighted by Crippen LogP contribution is 2.25. The van der Waals surface area contributed by atoms with Crippen LogP contribution in [-0.4, -0.2) is 14.8 Å². The molecule has 0 radical (unpaired) electrons. The Morgan fingerprint density at radius 1 is 1.20 bits per heavy atom. The smallest absolute Gasteiger partial charge is 0.0750 e. The first-order valence-corrected chi connectivity index (χ1v) is 5.44. The van der Waals surface area contributed by atoms with Crippen LogP contribution in [0.2, 0.25) is 0 Å². The molecule has 2 aromatic heterocycles. The lowest BCUT2D eigenvalue weighted by atomic mass is 10.0. The molecule has 0 bridgehead atoms. The van der Waals surface area contributed by atoms with Gasteiger partial charge in [0.1, 0.15) is 0 Å². The van der Waals surface area contributed by atoms with Crippen LogP contribution in [0.25, 0.3) is 10.8 Å². The summed E-state index contributed by atoms with van der Waals surface area (Å²) in [7, 11) is 2.05. The van der Waals surface area contributed by atoms with Crippen molar-refractivity contribution in [1.82, 2.24) is 14.8 Å². The first-order chi connectivity index (χ1) is 7.13. The normalized spacial score (nSPS) is 11.5. The van der Waals surface area contributed by atoms with Crippen molar-refractivity contribution in [3.05, 3.63) is 23.8 Å². The molecule has 0 aliphatic rings. The average Bonchev–Trinajstić information content (AvgIpc) is 2.56. The van der Waals surface area contributed by atoms with Gasteiger partial charge in [0.05, 0.1) is 11.4 Å². The van der Waals surface area contributed by atoms with Crippen LogP contribution in [0.4, 0.5) is 0 Å². The molecule has 0 saturated carbocycles. The minimum atomic E-state index is 0.424. The van der Waals surface area contributed by atoms with Crippen molar-refractivity contribution < 1.29 is 0 Å². The summed E-state index contributed by atoms with van der Waals surface area (Å²) < 4.78 is 2.08. The number of aryl methyl sites for hydroxylation is 2. The second-order valence-electron chi connectivity index (χ2n) is 4.29. The van der Waals surface area contributed by atoms with Gasteiger partial charge >= 0.3 is 0 Å². The molecule has 0 aliphatic carbocycles. The summed E-state index contributed by atoms with van der Waals surface area (Å²) in [5.74, 6) is 0.424. The van der Waals surface area contributed by atoms with Gasteiger partial charge in [-0.1, -0.05) is 20.8 Å². The summed E-state index contributed by atoms with van der Waals surface area (Å²) in [4.78, 5) is 0. The van der Waals surface area contributed by atoms with Crippen molar-refractivity contribution in [3.63, 3.8) is 0 Å². The highest BCUT2D eigenvalue weighted by atomic mass is 15.1. The van der Waals surface area contributed by atoms with Crippen LogP contribution in [-0.2, 0) is 13.5 Å². The van der Waals surface area contributed by atoms with Crippen LogP contribution in [0.15, 0.2) is 12.4 Å². The summed E-state index contributed by atoms with van der Waals surface area (Å²) >= 11 is 0. The van der Waals surface area contributed by atoms with Crippen LogP contribution in [0.5, 0.6) is 0 Å².